The highest BCUT2D eigenvalue weighted by molar-refractivity contribution is 6.32. The molecule has 3 aromatic rings. The number of anilines is 2. The number of non-ortho nitro benzene ring substituents is 1. The molecule has 0 amide bonds. The van der Waals surface area contributed by atoms with Crippen molar-refractivity contribution in [2.75, 3.05) is 29.9 Å². The molecule has 160 valence electrons. The van der Waals surface area contributed by atoms with Crippen molar-refractivity contribution in [1.82, 2.24) is 9.78 Å². The Balaban J connectivity index is 1.42. The number of aromatic nitrogens is 2. The topological polar surface area (TPSA) is 93.3 Å². The second kappa shape index (κ2) is 8.73. The van der Waals surface area contributed by atoms with Gasteiger partial charge in [0.25, 0.3) is 11.2 Å². The van der Waals surface area contributed by atoms with E-state index in [9.17, 15) is 19.3 Å². The molecule has 1 saturated heterocycles. The normalized spacial score (nSPS) is 15.8. The summed E-state index contributed by atoms with van der Waals surface area (Å²) < 4.78 is 14.2. The monoisotopic (exact) mass is 443 g/mol. The molecule has 1 fully saturated rings. The third kappa shape index (κ3) is 4.51. The van der Waals surface area contributed by atoms with E-state index in [-0.39, 0.29) is 16.5 Å². The van der Waals surface area contributed by atoms with Crippen molar-refractivity contribution in [2.45, 2.75) is 6.42 Å². The van der Waals surface area contributed by atoms with Crippen LogP contribution in [0.4, 0.5) is 21.5 Å². The highest BCUT2D eigenvalue weighted by Crippen LogP contribution is 2.25. The van der Waals surface area contributed by atoms with Crippen LogP contribution in [0, 0.1) is 21.8 Å². The van der Waals surface area contributed by atoms with Crippen molar-refractivity contribution in [2.24, 2.45) is 5.92 Å². The second-order valence-electron chi connectivity index (χ2n) is 7.32. The Bertz CT molecular complexity index is 1150. The largest absolute Gasteiger partial charge is 0.382 e. The van der Waals surface area contributed by atoms with Gasteiger partial charge in [0.1, 0.15) is 10.8 Å². The first-order chi connectivity index (χ1) is 14.9. The van der Waals surface area contributed by atoms with E-state index in [1.807, 2.05) is 0 Å². The lowest BCUT2D eigenvalue weighted by atomic mass is 10.1. The molecule has 0 radical (unpaired) electrons. The fraction of sp³-hybridized carbons (Fsp3) is 0.238. The zero-order valence-corrected chi connectivity index (χ0v) is 17.1. The summed E-state index contributed by atoms with van der Waals surface area (Å²) in [5, 5.41) is 18.1. The van der Waals surface area contributed by atoms with Crippen molar-refractivity contribution in [3.05, 3.63) is 86.0 Å². The number of nitrogens with one attached hydrogen (secondary N) is 1. The Kier molecular flexibility index (Phi) is 5.85. The molecule has 4 rings (SSSR count). The van der Waals surface area contributed by atoms with Gasteiger partial charge in [-0.3, -0.25) is 14.9 Å². The van der Waals surface area contributed by atoms with Gasteiger partial charge < -0.3 is 10.2 Å². The molecule has 1 aromatic heterocycles. The van der Waals surface area contributed by atoms with Gasteiger partial charge in [-0.25, -0.2) is 4.39 Å². The number of nitro benzene ring substituents is 1. The van der Waals surface area contributed by atoms with E-state index >= 15 is 0 Å². The van der Waals surface area contributed by atoms with E-state index < -0.39 is 10.5 Å². The number of nitrogens with zero attached hydrogens (tertiary/aromatic N) is 4. The maximum atomic E-state index is 13.1. The maximum Gasteiger partial charge on any atom is 0.292 e. The van der Waals surface area contributed by atoms with Gasteiger partial charge in [-0.2, -0.15) is 9.78 Å². The van der Waals surface area contributed by atoms with Crippen molar-refractivity contribution >= 4 is 28.7 Å². The van der Waals surface area contributed by atoms with E-state index in [2.05, 4.69) is 15.3 Å². The Morgan fingerprint density at radius 1 is 1.16 bits per heavy atom. The molecule has 0 spiro atoms. The lowest BCUT2D eigenvalue weighted by Gasteiger charge is -2.19. The van der Waals surface area contributed by atoms with E-state index in [1.165, 1.54) is 42.6 Å². The van der Waals surface area contributed by atoms with Gasteiger partial charge in [-0.15, -0.1) is 0 Å². The van der Waals surface area contributed by atoms with Crippen LogP contribution in [0.3, 0.4) is 0 Å². The number of hydrogen-bond acceptors (Lipinski definition) is 6. The van der Waals surface area contributed by atoms with Crippen LogP contribution in [0.5, 0.6) is 0 Å². The van der Waals surface area contributed by atoms with Gasteiger partial charge in [0.05, 0.1) is 22.5 Å². The minimum Gasteiger partial charge on any atom is -0.382 e. The first-order valence-electron chi connectivity index (χ1n) is 9.69. The van der Waals surface area contributed by atoms with E-state index in [0.717, 1.165) is 29.9 Å². The average molecular weight is 444 g/mol. The summed E-state index contributed by atoms with van der Waals surface area (Å²) in [5.74, 6) is 0.0741. The van der Waals surface area contributed by atoms with Crippen LogP contribution < -0.4 is 15.8 Å². The molecule has 2 heterocycles. The molecule has 1 atom stereocenters. The lowest BCUT2D eigenvalue weighted by molar-refractivity contribution is -0.384. The molecule has 31 heavy (non-hydrogen) atoms. The summed E-state index contributed by atoms with van der Waals surface area (Å²) >= 11 is 6.26. The summed E-state index contributed by atoms with van der Waals surface area (Å²) in [6.45, 7) is 2.29. The molecule has 1 N–H and O–H groups in total. The van der Waals surface area contributed by atoms with Crippen LogP contribution in [-0.2, 0) is 0 Å². The number of nitro groups is 1. The predicted octanol–water partition coefficient (Wildman–Crippen LogP) is 3.87. The number of benzene rings is 2. The SMILES string of the molecule is O=c1c(Cl)c(NCC2CCN(c3ccc(F)cc3)C2)cnn1-c1ccc([N+](=O)[O-])cc1. The van der Waals surface area contributed by atoms with Crippen LogP contribution in [-0.4, -0.2) is 34.3 Å². The van der Waals surface area contributed by atoms with E-state index in [0.29, 0.717) is 23.8 Å². The molecule has 0 saturated carbocycles. The first-order valence-corrected chi connectivity index (χ1v) is 10.1. The zero-order chi connectivity index (χ0) is 22.0. The quantitative estimate of drug-likeness (QED) is 0.459. The average Bonchev–Trinajstić information content (AvgIpc) is 3.24. The standard InChI is InChI=1S/C21H19ClFN5O3/c22-20-19(12-25-27(21(20)29)17-5-7-18(8-6-17)28(30)31)24-11-14-9-10-26(13-14)16-3-1-15(23)2-4-16/h1-8,12,14,24H,9-11,13H2. The van der Waals surface area contributed by atoms with Crippen molar-refractivity contribution in [3.8, 4) is 5.69 Å². The summed E-state index contributed by atoms with van der Waals surface area (Å²) in [5.41, 5.74) is 1.21. The number of rotatable bonds is 6. The first kappa shape index (κ1) is 20.8. The van der Waals surface area contributed by atoms with Crippen molar-refractivity contribution in [3.63, 3.8) is 0 Å². The molecule has 1 unspecified atom stereocenters. The molecule has 1 aliphatic heterocycles. The molecular formula is C21H19ClFN5O3. The van der Waals surface area contributed by atoms with Crippen LogP contribution in [0.25, 0.3) is 5.69 Å². The van der Waals surface area contributed by atoms with E-state index in [1.54, 1.807) is 12.1 Å². The second-order valence-corrected chi connectivity index (χ2v) is 7.70. The minimum atomic E-state index is -0.514. The van der Waals surface area contributed by atoms with Gasteiger partial charge in [0.2, 0.25) is 0 Å². The highest BCUT2D eigenvalue weighted by Gasteiger charge is 2.23. The molecule has 0 bridgehead atoms. The van der Waals surface area contributed by atoms with Gasteiger partial charge in [-0.1, -0.05) is 11.6 Å². The van der Waals surface area contributed by atoms with Crippen LogP contribution in [0.2, 0.25) is 5.02 Å². The number of halogens is 2. The third-order valence-electron chi connectivity index (χ3n) is 5.28. The van der Waals surface area contributed by atoms with Gasteiger partial charge in [-0.05, 0) is 48.7 Å². The van der Waals surface area contributed by atoms with Crippen LogP contribution >= 0.6 is 11.6 Å². The smallest absolute Gasteiger partial charge is 0.292 e. The third-order valence-corrected chi connectivity index (χ3v) is 5.65. The summed E-state index contributed by atoms with van der Waals surface area (Å²) in [7, 11) is 0. The van der Waals surface area contributed by atoms with Gasteiger partial charge >= 0.3 is 0 Å². The van der Waals surface area contributed by atoms with Gasteiger partial charge in [0.15, 0.2) is 0 Å². The molecule has 2 aromatic carbocycles. The Hall–Kier alpha value is -3.46. The maximum absolute atomic E-state index is 13.1. The molecular weight excluding hydrogens is 425 g/mol. The minimum absolute atomic E-state index is 0.00161. The fourth-order valence-corrected chi connectivity index (χ4v) is 3.79. The van der Waals surface area contributed by atoms with E-state index in [4.69, 9.17) is 11.6 Å². The fourth-order valence-electron chi connectivity index (χ4n) is 3.60. The summed E-state index contributed by atoms with van der Waals surface area (Å²) in [6.07, 6.45) is 2.42. The van der Waals surface area contributed by atoms with Crippen molar-refractivity contribution < 1.29 is 9.31 Å². The molecule has 8 nitrogen and oxygen atoms in total. The summed E-state index contributed by atoms with van der Waals surface area (Å²) in [6, 6.07) is 11.9. The Labute approximate surface area is 182 Å². The Morgan fingerprint density at radius 2 is 1.84 bits per heavy atom. The molecule has 1 aliphatic rings. The number of hydrogen-bond donors (Lipinski definition) is 1. The van der Waals surface area contributed by atoms with Crippen LogP contribution in [0.15, 0.2) is 59.5 Å². The van der Waals surface area contributed by atoms with Gasteiger partial charge in [0, 0.05) is 37.5 Å². The zero-order valence-electron chi connectivity index (χ0n) is 16.4. The molecule has 10 heteroatoms. The predicted molar refractivity (Wildman–Crippen MR) is 117 cm³/mol. The lowest BCUT2D eigenvalue weighted by Crippen LogP contribution is -2.25. The van der Waals surface area contributed by atoms with Crippen LogP contribution in [0.1, 0.15) is 6.42 Å². The molecule has 0 aliphatic carbocycles. The highest BCUT2D eigenvalue weighted by atomic mass is 35.5. The Morgan fingerprint density at radius 3 is 2.52 bits per heavy atom. The van der Waals surface area contributed by atoms with Crippen molar-refractivity contribution in [1.29, 1.82) is 0 Å². The summed E-state index contributed by atoms with van der Waals surface area (Å²) in [4.78, 5) is 25.1.